The molecule has 0 aromatic heterocycles. The van der Waals surface area contributed by atoms with E-state index < -0.39 is 10.0 Å². The molecule has 7 heteroatoms. The minimum Gasteiger partial charge on any atom is -0.495 e. The standard InChI is InChI=1S/C22H24N2O4S/c1-4-24(5-2)29(26,27)21-15-17(13-14-20(21)28-3)22(25)23-19-12-8-10-16-9-6-7-11-18(16)19/h6-15H,4-5H2,1-3H3,(H,23,25). The van der Waals surface area contributed by atoms with Crippen molar-refractivity contribution >= 4 is 32.4 Å². The van der Waals surface area contributed by atoms with Crippen molar-refractivity contribution in [3.05, 3.63) is 66.2 Å². The average molecular weight is 413 g/mol. The van der Waals surface area contributed by atoms with Gasteiger partial charge in [-0.25, -0.2) is 8.42 Å². The Bertz CT molecular complexity index is 1130. The van der Waals surface area contributed by atoms with Gasteiger partial charge in [-0.3, -0.25) is 4.79 Å². The van der Waals surface area contributed by atoms with Crippen LogP contribution in [0.25, 0.3) is 10.8 Å². The van der Waals surface area contributed by atoms with Crippen LogP contribution in [-0.4, -0.2) is 38.8 Å². The van der Waals surface area contributed by atoms with E-state index >= 15 is 0 Å². The molecule has 0 saturated heterocycles. The fourth-order valence-electron chi connectivity index (χ4n) is 3.25. The third kappa shape index (κ3) is 4.11. The molecule has 3 rings (SSSR count). The zero-order valence-electron chi connectivity index (χ0n) is 16.7. The average Bonchev–Trinajstić information content (AvgIpc) is 2.74. The van der Waals surface area contributed by atoms with Crippen molar-refractivity contribution < 1.29 is 17.9 Å². The van der Waals surface area contributed by atoms with Gasteiger partial charge in [0.05, 0.1) is 7.11 Å². The van der Waals surface area contributed by atoms with Gasteiger partial charge in [-0.1, -0.05) is 50.2 Å². The number of hydrogen-bond acceptors (Lipinski definition) is 4. The molecule has 0 aliphatic carbocycles. The smallest absolute Gasteiger partial charge is 0.255 e. The number of fused-ring (bicyclic) bond motifs is 1. The summed E-state index contributed by atoms with van der Waals surface area (Å²) >= 11 is 0. The summed E-state index contributed by atoms with van der Waals surface area (Å²) in [5.74, 6) is -0.182. The van der Waals surface area contributed by atoms with Crippen molar-refractivity contribution in [2.45, 2.75) is 18.7 Å². The molecule has 6 nitrogen and oxygen atoms in total. The zero-order valence-corrected chi connectivity index (χ0v) is 17.5. The van der Waals surface area contributed by atoms with Crippen LogP contribution in [0.4, 0.5) is 5.69 Å². The number of carbonyl (C=O) groups is 1. The molecule has 0 unspecified atom stereocenters. The molecule has 3 aromatic rings. The van der Waals surface area contributed by atoms with E-state index in [1.54, 1.807) is 19.9 Å². The Balaban J connectivity index is 2.00. The topological polar surface area (TPSA) is 75.7 Å². The van der Waals surface area contributed by atoms with E-state index in [9.17, 15) is 13.2 Å². The van der Waals surface area contributed by atoms with Gasteiger partial charge in [0.1, 0.15) is 10.6 Å². The second-order valence-electron chi connectivity index (χ2n) is 6.44. The summed E-state index contributed by atoms with van der Waals surface area (Å²) in [6, 6.07) is 17.8. The van der Waals surface area contributed by atoms with Gasteiger partial charge in [0.15, 0.2) is 0 Å². The Morgan fingerprint density at radius 2 is 1.69 bits per heavy atom. The van der Waals surface area contributed by atoms with Crippen LogP contribution in [0.2, 0.25) is 0 Å². The Hall–Kier alpha value is -2.90. The Morgan fingerprint density at radius 3 is 2.38 bits per heavy atom. The molecule has 0 radical (unpaired) electrons. The molecular formula is C22H24N2O4S. The molecule has 29 heavy (non-hydrogen) atoms. The number of rotatable bonds is 7. The Kier molecular flexibility index (Phi) is 6.20. The van der Waals surface area contributed by atoms with E-state index in [1.807, 2.05) is 42.5 Å². The molecule has 0 fully saturated rings. The Morgan fingerprint density at radius 1 is 1.00 bits per heavy atom. The first-order valence-corrected chi connectivity index (χ1v) is 10.8. The van der Waals surface area contributed by atoms with E-state index in [2.05, 4.69) is 5.32 Å². The highest BCUT2D eigenvalue weighted by Crippen LogP contribution is 2.29. The van der Waals surface area contributed by atoms with Gasteiger partial charge in [0.25, 0.3) is 5.91 Å². The number of ether oxygens (including phenoxy) is 1. The molecule has 0 bridgehead atoms. The summed E-state index contributed by atoms with van der Waals surface area (Å²) in [6.07, 6.45) is 0. The van der Waals surface area contributed by atoms with E-state index in [0.29, 0.717) is 18.8 Å². The lowest BCUT2D eigenvalue weighted by atomic mass is 10.1. The maximum Gasteiger partial charge on any atom is 0.255 e. The third-order valence-electron chi connectivity index (χ3n) is 4.79. The Labute approximate surface area is 171 Å². The van der Waals surface area contributed by atoms with Crippen LogP contribution < -0.4 is 10.1 Å². The van der Waals surface area contributed by atoms with Crippen LogP contribution >= 0.6 is 0 Å². The highest BCUT2D eigenvalue weighted by atomic mass is 32.2. The van der Waals surface area contributed by atoms with Crippen molar-refractivity contribution in [1.29, 1.82) is 0 Å². The van der Waals surface area contributed by atoms with E-state index in [0.717, 1.165) is 10.8 Å². The third-order valence-corrected chi connectivity index (χ3v) is 6.86. The number of methoxy groups -OCH3 is 1. The highest BCUT2D eigenvalue weighted by Gasteiger charge is 2.27. The van der Waals surface area contributed by atoms with E-state index in [4.69, 9.17) is 4.74 Å². The molecular weight excluding hydrogens is 388 g/mol. The number of benzene rings is 3. The van der Waals surface area contributed by atoms with Crippen LogP contribution in [0, 0.1) is 0 Å². The van der Waals surface area contributed by atoms with Crippen molar-refractivity contribution in [3.63, 3.8) is 0 Å². The van der Waals surface area contributed by atoms with Crippen LogP contribution in [0.5, 0.6) is 5.75 Å². The molecule has 0 atom stereocenters. The number of sulfonamides is 1. The molecule has 1 N–H and O–H groups in total. The molecule has 3 aromatic carbocycles. The number of nitrogens with zero attached hydrogens (tertiary/aromatic N) is 1. The molecule has 152 valence electrons. The number of carbonyl (C=O) groups excluding carboxylic acids is 1. The van der Waals surface area contributed by atoms with Crippen molar-refractivity contribution in [3.8, 4) is 5.75 Å². The normalized spacial score (nSPS) is 11.6. The summed E-state index contributed by atoms with van der Waals surface area (Å²) in [4.78, 5) is 12.9. The van der Waals surface area contributed by atoms with Crippen LogP contribution in [0.1, 0.15) is 24.2 Å². The second-order valence-corrected chi connectivity index (χ2v) is 8.34. The first kappa shape index (κ1) is 20.8. The quantitative estimate of drug-likeness (QED) is 0.633. The lowest BCUT2D eigenvalue weighted by Gasteiger charge is -2.20. The SMILES string of the molecule is CCN(CC)S(=O)(=O)c1cc(C(=O)Nc2cccc3ccccc23)ccc1OC. The number of anilines is 1. The molecule has 1 amide bonds. The maximum atomic E-state index is 13.0. The molecule has 0 spiro atoms. The van der Waals surface area contributed by atoms with Gasteiger partial charge >= 0.3 is 0 Å². The minimum atomic E-state index is -3.78. The van der Waals surface area contributed by atoms with E-state index in [-0.39, 0.29) is 22.1 Å². The molecule has 0 saturated carbocycles. The van der Waals surface area contributed by atoms with Gasteiger partial charge in [-0.2, -0.15) is 4.31 Å². The minimum absolute atomic E-state index is 0.0192. The molecule has 0 aliphatic rings. The van der Waals surface area contributed by atoms with Crippen molar-refractivity contribution in [2.24, 2.45) is 0 Å². The highest BCUT2D eigenvalue weighted by molar-refractivity contribution is 7.89. The lowest BCUT2D eigenvalue weighted by Crippen LogP contribution is -2.31. The monoisotopic (exact) mass is 412 g/mol. The van der Waals surface area contributed by atoms with Gasteiger partial charge in [-0.05, 0) is 29.7 Å². The summed E-state index contributed by atoms with van der Waals surface area (Å²) in [5, 5.41) is 4.80. The summed E-state index contributed by atoms with van der Waals surface area (Å²) in [7, 11) is -2.37. The number of nitrogens with one attached hydrogen (secondary N) is 1. The van der Waals surface area contributed by atoms with Crippen LogP contribution in [-0.2, 0) is 10.0 Å². The summed E-state index contributed by atoms with van der Waals surface area (Å²) in [5.41, 5.74) is 0.904. The van der Waals surface area contributed by atoms with Crippen LogP contribution in [0.15, 0.2) is 65.6 Å². The zero-order chi connectivity index (χ0) is 21.0. The first-order valence-electron chi connectivity index (χ1n) is 9.39. The maximum absolute atomic E-state index is 13.0. The van der Waals surface area contributed by atoms with Crippen LogP contribution in [0.3, 0.4) is 0 Å². The number of amides is 1. The molecule has 0 heterocycles. The summed E-state index contributed by atoms with van der Waals surface area (Å²) < 4.78 is 32.6. The fraction of sp³-hybridized carbons (Fsp3) is 0.227. The number of hydrogen-bond donors (Lipinski definition) is 1. The second kappa shape index (κ2) is 8.63. The van der Waals surface area contributed by atoms with Crippen molar-refractivity contribution in [1.82, 2.24) is 4.31 Å². The van der Waals surface area contributed by atoms with Gasteiger partial charge < -0.3 is 10.1 Å². The predicted octanol–water partition coefficient (Wildman–Crippen LogP) is 4.13. The fourth-order valence-corrected chi connectivity index (χ4v) is 4.89. The van der Waals surface area contributed by atoms with Gasteiger partial charge in [-0.15, -0.1) is 0 Å². The summed E-state index contributed by atoms with van der Waals surface area (Å²) in [6.45, 7) is 4.19. The first-order chi connectivity index (χ1) is 13.9. The van der Waals surface area contributed by atoms with Gasteiger partial charge in [0, 0.05) is 29.7 Å². The predicted molar refractivity (Wildman–Crippen MR) is 115 cm³/mol. The van der Waals surface area contributed by atoms with E-state index in [1.165, 1.54) is 23.5 Å². The molecule has 0 aliphatic heterocycles. The lowest BCUT2D eigenvalue weighted by molar-refractivity contribution is 0.102. The van der Waals surface area contributed by atoms with Crippen molar-refractivity contribution in [2.75, 3.05) is 25.5 Å². The van der Waals surface area contributed by atoms with Gasteiger partial charge in [0.2, 0.25) is 10.0 Å². The largest absolute Gasteiger partial charge is 0.495 e.